The third-order valence-electron chi connectivity index (χ3n) is 5.54. The summed E-state index contributed by atoms with van der Waals surface area (Å²) in [4.78, 5) is 12.8. The normalized spacial score (nSPS) is 11.4. The van der Waals surface area contributed by atoms with Gasteiger partial charge in [-0.25, -0.2) is 5.43 Å². The van der Waals surface area contributed by atoms with Gasteiger partial charge in [0.25, 0.3) is 0 Å². The molecule has 0 fully saturated rings. The van der Waals surface area contributed by atoms with Crippen LogP contribution in [0.5, 0.6) is 0 Å². The molecule has 1 amide bonds. The molecule has 0 aliphatic carbocycles. The van der Waals surface area contributed by atoms with Gasteiger partial charge in [0.05, 0.1) is 18.8 Å². The summed E-state index contributed by atoms with van der Waals surface area (Å²) in [5, 5.41) is 8.59. The molecule has 0 saturated heterocycles. The van der Waals surface area contributed by atoms with Crippen molar-refractivity contribution in [1.82, 2.24) is 5.43 Å². The topological polar surface area (TPSA) is 41.5 Å². The fraction of sp³-hybridized carbons (Fsp3) is 0.0714. The number of nitrogens with one attached hydrogen (secondary N) is 1. The molecule has 4 rings (SSSR count). The number of nitrogens with zero attached hydrogens (tertiary/aromatic N) is 1. The van der Waals surface area contributed by atoms with Crippen LogP contribution in [0.2, 0.25) is 5.02 Å². The number of hydrogen-bond acceptors (Lipinski definition) is 2. The number of rotatable bonds is 8. The number of benzene rings is 4. The number of amides is 1. The molecule has 5 heteroatoms. The SMILES string of the molecule is O=C(CC[P+](c1ccccc1)(c1ccccc1)c1ccccc1)N/N=C/c1ccc(Cl)cc1. The van der Waals surface area contributed by atoms with Crippen LogP contribution in [0.25, 0.3) is 0 Å². The monoisotopic (exact) mass is 471 g/mol. The second kappa shape index (κ2) is 11.0. The Morgan fingerprint density at radius 3 is 1.64 bits per heavy atom. The first-order valence-corrected chi connectivity index (χ1v) is 13.2. The summed E-state index contributed by atoms with van der Waals surface area (Å²) in [7, 11) is -2.03. The third kappa shape index (κ3) is 5.57. The van der Waals surface area contributed by atoms with E-state index in [-0.39, 0.29) is 5.91 Å². The van der Waals surface area contributed by atoms with Crippen molar-refractivity contribution in [1.29, 1.82) is 0 Å². The Balaban J connectivity index is 1.61. The van der Waals surface area contributed by atoms with Gasteiger partial charge in [-0.15, -0.1) is 0 Å². The maximum absolute atomic E-state index is 12.8. The molecule has 1 N–H and O–H groups in total. The van der Waals surface area contributed by atoms with E-state index in [1.807, 2.05) is 30.3 Å². The van der Waals surface area contributed by atoms with Gasteiger partial charge < -0.3 is 0 Å². The summed E-state index contributed by atoms with van der Waals surface area (Å²) in [5.41, 5.74) is 3.56. The summed E-state index contributed by atoms with van der Waals surface area (Å²) in [6.07, 6.45) is 2.71. The van der Waals surface area contributed by atoms with Crippen LogP contribution in [0, 0.1) is 0 Å². The second-order valence-electron chi connectivity index (χ2n) is 7.63. The lowest BCUT2D eigenvalue weighted by Crippen LogP contribution is -2.35. The van der Waals surface area contributed by atoms with E-state index in [2.05, 4.69) is 83.3 Å². The minimum Gasteiger partial charge on any atom is -0.273 e. The Labute approximate surface area is 200 Å². The van der Waals surface area contributed by atoms with Crippen molar-refractivity contribution in [2.75, 3.05) is 6.16 Å². The number of carbonyl (C=O) groups excluding carboxylic acids is 1. The molecule has 0 saturated carbocycles. The van der Waals surface area contributed by atoms with Crippen molar-refractivity contribution >= 4 is 46.9 Å². The third-order valence-corrected chi connectivity index (χ3v) is 10.2. The van der Waals surface area contributed by atoms with Gasteiger partial charge >= 0.3 is 0 Å². The van der Waals surface area contributed by atoms with Crippen molar-refractivity contribution in [2.24, 2.45) is 5.10 Å². The number of hydrazone groups is 1. The van der Waals surface area contributed by atoms with Crippen molar-refractivity contribution in [3.05, 3.63) is 126 Å². The summed E-state index contributed by atoms with van der Waals surface area (Å²) in [6.45, 7) is 0. The Bertz CT molecular complexity index is 1100. The predicted molar refractivity (Wildman–Crippen MR) is 142 cm³/mol. The van der Waals surface area contributed by atoms with Gasteiger partial charge in [-0.05, 0) is 54.1 Å². The van der Waals surface area contributed by atoms with Gasteiger partial charge in [-0.1, -0.05) is 78.3 Å². The average Bonchev–Trinajstić information content (AvgIpc) is 2.88. The Kier molecular flexibility index (Phi) is 7.67. The van der Waals surface area contributed by atoms with Crippen LogP contribution < -0.4 is 21.3 Å². The highest BCUT2D eigenvalue weighted by atomic mass is 35.5. The molecule has 0 aliphatic heterocycles. The maximum atomic E-state index is 12.8. The molecule has 0 unspecified atom stereocenters. The first-order valence-electron chi connectivity index (χ1n) is 10.8. The van der Waals surface area contributed by atoms with Crippen LogP contribution in [0.1, 0.15) is 12.0 Å². The smallest absolute Gasteiger partial charge is 0.243 e. The van der Waals surface area contributed by atoms with Crippen LogP contribution in [-0.4, -0.2) is 18.3 Å². The Morgan fingerprint density at radius 2 is 1.18 bits per heavy atom. The van der Waals surface area contributed by atoms with Gasteiger partial charge in [0, 0.05) is 5.02 Å². The zero-order valence-electron chi connectivity index (χ0n) is 18.1. The standard InChI is InChI=1S/C28H24ClN2OP/c29-24-18-16-23(17-19-24)22-30-31-28(32)20-21-33(25-10-4-1-5-11-25,26-12-6-2-7-13-26)27-14-8-3-9-15-27/h1-19,22H,20-21H2/p+1/b30-22+. The molecule has 164 valence electrons. The highest BCUT2D eigenvalue weighted by Crippen LogP contribution is 2.55. The molecule has 0 aromatic heterocycles. The fourth-order valence-electron chi connectivity index (χ4n) is 3.93. The average molecular weight is 472 g/mol. The van der Waals surface area contributed by atoms with E-state index in [0.29, 0.717) is 17.6 Å². The molecule has 4 aromatic rings. The largest absolute Gasteiger partial charge is 0.273 e. The van der Waals surface area contributed by atoms with Gasteiger partial charge in [0.2, 0.25) is 5.91 Å². The molecule has 33 heavy (non-hydrogen) atoms. The highest BCUT2D eigenvalue weighted by molar-refractivity contribution is 7.95. The molecular formula is C28H25ClN2OP+. The van der Waals surface area contributed by atoms with Gasteiger partial charge in [0.15, 0.2) is 0 Å². The second-order valence-corrected chi connectivity index (χ2v) is 11.7. The van der Waals surface area contributed by atoms with Crippen LogP contribution >= 0.6 is 18.9 Å². The predicted octanol–water partition coefficient (Wildman–Crippen LogP) is 5.17. The van der Waals surface area contributed by atoms with Crippen LogP contribution in [-0.2, 0) is 4.79 Å². The first kappa shape index (κ1) is 22.9. The summed E-state index contributed by atoms with van der Waals surface area (Å²) < 4.78 is 0. The molecule has 0 radical (unpaired) electrons. The Morgan fingerprint density at radius 1 is 0.727 bits per heavy atom. The molecule has 4 aromatic carbocycles. The van der Waals surface area contributed by atoms with Crippen molar-refractivity contribution < 1.29 is 4.79 Å². The minimum absolute atomic E-state index is 0.104. The summed E-state index contributed by atoms with van der Waals surface area (Å²) >= 11 is 5.92. The van der Waals surface area contributed by atoms with Crippen LogP contribution in [0.15, 0.2) is 120 Å². The lowest BCUT2D eigenvalue weighted by atomic mass is 10.2. The number of carbonyl (C=O) groups is 1. The summed E-state index contributed by atoms with van der Waals surface area (Å²) in [6, 6.07) is 39.0. The zero-order valence-corrected chi connectivity index (χ0v) is 19.8. The Hall–Kier alpha value is -3.26. The van der Waals surface area contributed by atoms with Crippen molar-refractivity contribution in [3.8, 4) is 0 Å². The quantitative estimate of drug-likeness (QED) is 0.215. The van der Waals surface area contributed by atoms with E-state index in [9.17, 15) is 4.79 Å². The lowest BCUT2D eigenvalue weighted by Gasteiger charge is -2.27. The van der Waals surface area contributed by atoms with E-state index in [1.54, 1.807) is 18.3 Å². The van der Waals surface area contributed by atoms with Crippen molar-refractivity contribution in [2.45, 2.75) is 6.42 Å². The van der Waals surface area contributed by atoms with E-state index in [4.69, 9.17) is 11.6 Å². The zero-order chi connectivity index (χ0) is 22.9. The molecule has 0 heterocycles. The number of hydrogen-bond donors (Lipinski definition) is 1. The van der Waals surface area contributed by atoms with Gasteiger partial charge in [-0.3, -0.25) is 4.79 Å². The van der Waals surface area contributed by atoms with Gasteiger partial charge in [-0.2, -0.15) is 5.10 Å². The summed E-state index contributed by atoms with van der Waals surface area (Å²) in [5.74, 6) is -0.104. The van der Waals surface area contributed by atoms with Crippen molar-refractivity contribution in [3.63, 3.8) is 0 Å². The number of halogens is 1. The molecular weight excluding hydrogens is 447 g/mol. The van der Waals surface area contributed by atoms with Crippen LogP contribution in [0.4, 0.5) is 0 Å². The molecule has 0 atom stereocenters. The van der Waals surface area contributed by atoms with E-state index in [0.717, 1.165) is 5.56 Å². The van der Waals surface area contributed by atoms with Crippen LogP contribution in [0.3, 0.4) is 0 Å². The fourth-order valence-corrected chi connectivity index (χ4v) is 8.31. The minimum atomic E-state index is -2.03. The van der Waals surface area contributed by atoms with E-state index >= 15 is 0 Å². The molecule has 3 nitrogen and oxygen atoms in total. The van der Waals surface area contributed by atoms with E-state index in [1.165, 1.54) is 15.9 Å². The first-order chi connectivity index (χ1) is 16.2. The molecule has 0 spiro atoms. The van der Waals surface area contributed by atoms with E-state index < -0.39 is 7.26 Å². The van der Waals surface area contributed by atoms with Gasteiger partial charge in [0.1, 0.15) is 23.2 Å². The molecule has 0 aliphatic rings. The lowest BCUT2D eigenvalue weighted by molar-refractivity contribution is -0.120. The highest BCUT2D eigenvalue weighted by Gasteiger charge is 2.45. The molecule has 0 bridgehead atoms. The maximum Gasteiger partial charge on any atom is 0.243 e.